The number of fused-ring (bicyclic) bond motifs is 21. The average Bonchev–Trinajstić information content (AvgIpc) is 1.43. The van der Waals surface area contributed by atoms with Gasteiger partial charge < -0.3 is 22.2 Å². The van der Waals surface area contributed by atoms with E-state index in [9.17, 15) is 0 Å². The summed E-state index contributed by atoms with van der Waals surface area (Å²) in [5.74, 6) is 1.06. The summed E-state index contributed by atoms with van der Waals surface area (Å²) < 4.78 is 25.6. The van der Waals surface area contributed by atoms with Crippen LogP contribution in [0, 0.1) is 76.2 Å². The summed E-state index contributed by atoms with van der Waals surface area (Å²) in [5.41, 5.74) is 28.7. The van der Waals surface area contributed by atoms with Gasteiger partial charge in [0.25, 0.3) is 0 Å². The van der Waals surface area contributed by atoms with E-state index in [2.05, 4.69) is 313 Å². The summed E-state index contributed by atoms with van der Waals surface area (Å²) in [5, 5.41) is 17.6. The minimum absolute atomic E-state index is 0.145. The molecular weight excluding hydrogens is 1250 g/mol. The molecule has 5 heterocycles. The summed E-state index contributed by atoms with van der Waals surface area (Å²) in [6.45, 7) is 27.9. The van der Waals surface area contributed by atoms with Gasteiger partial charge in [0, 0.05) is 67.9 Å². The first kappa shape index (κ1) is 66.2. The van der Waals surface area contributed by atoms with Crippen LogP contribution in [0.5, 0.6) is 0 Å². The molecule has 0 spiro atoms. The highest BCUT2D eigenvalue weighted by atomic mass is 16.3. The van der Waals surface area contributed by atoms with Gasteiger partial charge in [0.05, 0.1) is 0 Å². The van der Waals surface area contributed by atoms with Crippen molar-refractivity contribution in [2.75, 3.05) is 0 Å². The van der Waals surface area contributed by atoms with E-state index in [4.69, 9.17) is 17.7 Å². The SMILES string of the molecule is Cc1ccc2c(c1)-c1cc(C)ccc1C2(C)C.Cc1ccc2c(c1)c1ccccc1c1ccc(C)cc12.Cc1ccc2oc3c(C)cccc3c2c1.Cc1ccc2oc3ccc(-c4ccc5oc6ccc(C)cc6c5c4)cc3c2c1.Cc1ccc2oc3ccc(C)cc3c2c1.Cc1nccn1C. The minimum Gasteiger partial charge on any atom is -0.456 e. The number of aromatic nitrogens is 2. The van der Waals surface area contributed by atoms with Crippen LogP contribution in [0.3, 0.4) is 0 Å². The van der Waals surface area contributed by atoms with Gasteiger partial charge in [0.2, 0.25) is 0 Å². The van der Waals surface area contributed by atoms with E-state index >= 15 is 0 Å². The zero-order valence-electron chi connectivity index (χ0n) is 60.8. The van der Waals surface area contributed by atoms with Gasteiger partial charge in [0.15, 0.2) is 0 Å². The van der Waals surface area contributed by atoms with Crippen LogP contribution in [0.4, 0.5) is 0 Å². The van der Waals surface area contributed by atoms with Crippen LogP contribution < -0.4 is 0 Å². The Kier molecular flexibility index (Phi) is 17.3. The molecule has 0 N–H and O–H groups in total. The third-order valence-electron chi connectivity index (χ3n) is 20.4. The summed E-state index contributed by atoms with van der Waals surface area (Å²) >= 11 is 0. The molecule has 0 unspecified atom stereocenters. The quantitative estimate of drug-likeness (QED) is 0.153. The summed E-state index contributed by atoms with van der Waals surface area (Å²) in [6, 6.07) is 86.7. The molecule has 0 bridgehead atoms. The lowest BCUT2D eigenvalue weighted by Gasteiger charge is -2.21. The number of hydrogen-bond acceptors (Lipinski definition) is 5. The first-order valence-corrected chi connectivity index (χ1v) is 35.3. The molecule has 14 aromatic carbocycles. The fourth-order valence-corrected chi connectivity index (χ4v) is 14.8. The third-order valence-corrected chi connectivity index (χ3v) is 20.4. The number of para-hydroxylation sites is 1. The van der Waals surface area contributed by atoms with Crippen molar-refractivity contribution in [3.63, 3.8) is 0 Å². The molecule has 19 aromatic rings. The molecule has 1 aliphatic carbocycles. The lowest BCUT2D eigenvalue weighted by molar-refractivity contribution is 0.660. The molecule has 0 aliphatic heterocycles. The Morgan fingerprint density at radius 3 is 0.961 bits per heavy atom. The Morgan fingerprint density at radius 2 is 0.578 bits per heavy atom. The van der Waals surface area contributed by atoms with Crippen molar-refractivity contribution in [2.24, 2.45) is 7.05 Å². The Hall–Kier alpha value is -11.7. The maximum absolute atomic E-state index is 6.01. The highest BCUT2D eigenvalue weighted by Gasteiger charge is 2.35. The predicted molar refractivity (Wildman–Crippen MR) is 432 cm³/mol. The monoisotopic (exact) mass is 1330 g/mol. The van der Waals surface area contributed by atoms with Crippen molar-refractivity contribution in [3.8, 4) is 22.3 Å². The van der Waals surface area contributed by atoms with Crippen LogP contribution in [0.25, 0.3) is 142 Å². The van der Waals surface area contributed by atoms with Crippen LogP contribution in [0.15, 0.2) is 273 Å². The first-order valence-electron chi connectivity index (χ1n) is 35.3. The number of rotatable bonds is 1. The summed E-state index contributed by atoms with van der Waals surface area (Å²) in [4.78, 5) is 3.98. The van der Waals surface area contributed by atoms with Gasteiger partial charge in [-0.25, -0.2) is 4.98 Å². The fraction of sp³-hybridized carbons (Fsp3) is 0.156. The van der Waals surface area contributed by atoms with E-state index < -0.39 is 0 Å². The Morgan fingerprint density at radius 1 is 0.275 bits per heavy atom. The van der Waals surface area contributed by atoms with Crippen LogP contribution in [0.2, 0.25) is 0 Å². The third kappa shape index (κ3) is 12.7. The van der Waals surface area contributed by atoms with Crippen LogP contribution in [0.1, 0.15) is 86.4 Å². The zero-order valence-corrected chi connectivity index (χ0v) is 60.8. The minimum atomic E-state index is 0.145. The molecule has 1 aliphatic rings. The van der Waals surface area contributed by atoms with Crippen molar-refractivity contribution in [3.05, 3.63) is 328 Å². The number of nitrogens with zero attached hydrogens (tertiary/aromatic N) is 2. The van der Waals surface area contributed by atoms with E-state index in [0.29, 0.717) is 0 Å². The zero-order chi connectivity index (χ0) is 70.8. The van der Waals surface area contributed by atoms with Gasteiger partial charge in [-0.05, 0) is 232 Å². The molecule has 20 rings (SSSR count). The summed E-state index contributed by atoms with van der Waals surface area (Å²) in [6.07, 6.45) is 3.71. The van der Waals surface area contributed by atoms with Gasteiger partial charge in [-0.3, -0.25) is 0 Å². The van der Waals surface area contributed by atoms with E-state index in [0.717, 1.165) is 61.3 Å². The number of benzene rings is 14. The highest BCUT2D eigenvalue weighted by molar-refractivity contribution is 6.25. The van der Waals surface area contributed by atoms with Gasteiger partial charge in [-0.2, -0.15) is 0 Å². The molecule has 0 amide bonds. The molecule has 102 heavy (non-hydrogen) atoms. The van der Waals surface area contributed by atoms with Gasteiger partial charge in [0.1, 0.15) is 50.5 Å². The largest absolute Gasteiger partial charge is 0.456 e. The molecule has 5 aromatic heterocycles. The first-order chi connectivity index (χ1) is 49.2. The van der Waals surface area contributed by atoms with Crippen LogP contribution >= 0.6 is 0 Å². The number of imidazole rings is 1. The second kappa shape index (κ2) is 26.7. The van der Waals surface area contributed by atoms with Crippen molar-refractivity contribution < 1.29 is 17.7 Å². The van der Waals surface area contributed by atoms with Gasteiger partial charge in [-0.1, -0.05) is 222 Å². The Labute approximate surface area is 596 Å². The molecule has 0 saturated carbocycles. The maximum Gasteiger partial charge on any atom is 0.138 e. The van der Waals surface area contributed by atoms with E-state index in [1.807, 2.05) is 42.9 Å². The van der Waals surface area contributed by atoms with Crippen molar-refractivity contribution in [1.29, 1.82) is 0 Å². The molecule has 0 saturated heterocycles. The fourth-order valence-electron chi connectivity index (χ4n) is 14.8. The van der Waals surface area contributed by atoms with Crippen molar-refractivity contribution >= 4 is 120 Å². The summed E-state index contributed by atoms with van der Waals surface area (Å²) in [7, 11) is 1.97. The number of hydrogen-bond donors (Lipinski definition) is 0. The molecule has 502 valence electrons. The molecule has 6 heteroatoms. The molecule has 0 fully saturated rings. The van der Waals surface area contributed by atoms with E-state index in [1.165, 1.54) is 154 Å². The lowest BCUT2D eigenvalue weighted by Crippen LogP contribution is -2.14. The van der Waals surface area contributed by atoms with Crippen molar-refractivity contribution in [1.82, 2.24) is 9.55 Å². The van der Waals surface area contributed by atoms with Gasteiger partial charge in [-0.15, -0.1) is 0 Å². The molecular formula is C96H84N2O4. The maximum atomic E-state index is 6.01. The van der Waals surface area contributed by atoms with Crippen LogP contribution in [-0.2, 0) is 12.5 Å². The smallest absolute Gasteiger partial charge is 0.138 e. The van der Waals surface area contributed by atoms with E-state index in [-0.39, 0.29) is 5.41 Å². The van der Waals surface area contributed by atoms with Crippen molar-refractivity contribution in [2.45, 2.75) is 95.4 Å². The molecule has 0 radical (unpaired) electrons. The van der Waals surface area contributed by atoms with E-state index in [1.54, 1.807) is 6.20 Å². The predicted octanol–water partition coefficient (Wildman–Crippen LogP) is 27.3. The second-order valence-corrected chi connectivity index (χ2v) is 28.7. The Balaban J connectivity index is 0.000000103. The molecule has 0 atom stereocenters. The lowest BCUT2D eigenvalue weighted by atomic mass is 9.82. The normalized spacial score (nSPS) is 12.1. The molecule has 6 nitrogen and oxygen atoms in total. The topological polar surface area (TPSA) is 70.4 Å². The number of furan rings is 4. The Bertz CT molecular complexity index is 6150. The van der Waals surface area contributed by atoms with Gasteiger partial charge >= 0.3 is 0 Å². The number of aryl methyl sites for hydroxylation is 12. The average molecular weight is 1330 g/mol. The highest BCUT2D eigenvalue weighted by Crippen LogP contribution is 2.49. The second-order valence-electron chi connectivity index (χ2n) is 28.7. The standard InChI is InChI=1S/C26H18O2.C20H16.C17H18.2C14H12O.C5H8N2/c1-15-3-7-23-19(11-15)21-13-17(5-9-25(21)27-23)18-6-10-26-22(14-18)20-12-16(2)4-8-24(20)28-26;1-13-7-9-17-15-5-3-4-6-16(15)19-11-14(2)8-10-18(19)20(17)12-13;1-11-5-7-15-13(9-11)14-10-12(2)6-8-16(14)17(15,3)4;1-9-3-5-13-11(7-9)12-8-10(2)4-6-14(12)15-13;1-9-6-7-13-12(8-9)11-5-3-4-10(2)14(11)15-13;1-5-6-3-4-7(5)2/h3-14H,1-2H3;3-12H,1-2H3;5-10H,1-4H3;2*3-8H,1-2H3;3-4H,1-2H3. The van der Waals surface area contributed by atoms with Crippen LogP contribution in [-0.4, -0.2) is 9.55 Å².